The minimum Gasteiger partial charge on any atom is -0.364 e. The third kappa shape index (κ3) is 2.18. The quantitative estimate of drug-likeness (QED) is 0.804. The first-order valence-corrected chi connectivity index (χ1v) is 5.04. The summed E-state index contributed by atoms with van der Waals surface area (Å²) in [6, 6.07) is 1.97. The standard InChI is InChI=1S/C8H9N5OS/c1-5-2-6(15-11-5)3-13-4-7(8(9)14)10-12-13/h2,4H,3H2,1H3,(H2,9,14). The highest BCUT2D eigenvalue weighted by atomic mass is 32.1. The van der Waals surface area contributed by atoms with Crippen LogP contribution in [0.25, 0.3) is 0 Å². The maximum Gasteiger partial charge on any atom is 0.270 e. The predicted octanol–water partition coefficient (Wildman–Crippen LogP) is 0.190. The van der Waals surface area contributed by atoms with E-state index in [4.69, 9.17) is 5.73 Å². The van der Waals surface area contributed by atoms with E-state index in [2.05, 4.69) is 14.7 Å². The van der Waals surface area contributed by atoms with Crippen LogP contribution in [0.5, 0.6) is 0 Å². The first kappa shape index (κ1) is 9.78. The van der Waals surface area contributed by atoms with E-state index in [0.717, 1.165) is 10.6 Å². The lowest BCUT2D eigenvalue weighted by Gasteiger charge is -1.93. The average Bonchev–Trinajstić information content (AvgIpc) is 2.76. The summed E-state index contributed by atoms with van der Waals surface area (Å²) in [6.45, 7) is 2.49. The third-order valence-electron chi connectivity index (χ3n) is 1.79. The van der Waals surface area contributed by atoms with Gasteiger partial charge in [-0.25, -0.2) is 4.68 Å². The largest absolute Gasteiger partial charge is 0.364 e. The zero-order chi connectivity index (χ0) is 10.8. The number of aryl methyl sites for hydroxylation is 1. The molecule has 0 aliphatic rings. The summed E-state index contributed by atoms with van der Waals surface area (Å²) in [6.07, 6.45) is 1.53. The second-order valence-electron chi connectivity index (χ2n) is 3.10. The van der Waals surface area contributed by atoms with Crippen molar-refractivity contribution in [1.82, 2.24) is 19.4 Å². The molecule has 0 spiro atoms. The van der Waals surface area contributed by atoms with Crippen molar-refractivity contribution in [1.29, 1.82) is 0 Å². The Morgan fingerprint density at radius 3 is 3.00 bits per heavy atom. The molecule has 0 aliphatic carbocycles. The number of aromatic nitrogens is 4. The van der Waals surface area contributed by atoms with Gasteiger partial charge in [0.1, 0.15) is 0 Å². The van der Waals surface area contributed by atoms with E-state index in [1.54, 1.807) is 4.68 Å². The summed E-state index contributed by atoms with van der Waals surface area (Å²) < 4.78 is 5.71. The van der Waals surface area contributed by atoms with Crippen molar-refractivity contribution in [3.8, 4) is 0 Å². The minimum absolute atomic E-state index is 0.177. The van der Waals surface area contributed by atoms with Crippen LogP contribution < -0.4 is 5.73 Å². The van der Waals surface area contributed by atoms with E-state index in [-0.39, 0.29) is 5.69 Å². The molecule has 2 N–H and O–H groups in total. The molecule has 0 bridgehead atoms. The Morgan fingerprint density at radius 1 is 1.67 bits per heavy atom. The van der Waals surface area contributed by atoms with Crippen LogP contribution >= 0.6 is 11.5 Å². The number of carbonyl (C=O) groups excluding carboxylic acids is 1. The van der Waals surface area contributed by atoms with Crippen molar-refractivity contribution in [2.45, 2.75) is 13.5 Å². The lowest BCUT2D eigenvalue weighted by Crippen LogP contribution is -2.11. The Kier molecular flexibility index (Phi) is 2.46. The highest BCUT2D eigenvalue weighted by molar-refractivity contribution is 7.05. The maximum absolute atomic E-state index is 10.8. The van der Waals surface area contributed by atoms with E-state index >= 15 is 0 Å². The van der Waals surface area contributed by atoms with Crippen LogP contribution in [-0.2, 0) is 6.54 Å². The van der Waals surface area contributed by atoms with Gasteiger partial charge in [0.15, 0.2) is 5.69 Å². The molecule has 0 radical (unpaired) electrons. The van der Waals surface area contributed by atoms with Gasteiger partial charge in [0.2, 0.25) is 0 Å². The molecule has 0 aromatic carbocycles. The molecule has 7 heteroatoms. The lowest BCUT2D eigenvalue weighted by molar-refractivity contribution is 0.0995. The molecule has 0 aliphatic heterocycles. The van der Waals surface area contributed by atoms with Gasteiger partial charge in [-0.1, -0.05) is 5.21 Å². The van der Waals surface area contributed by atoms with Crippen LogP contribution in [0.15, 0.2) is 12.3 Å². The first-order valence-electron chi connectivity index (χ1n) is 4.27. The first-order chi connectivity index (χ1) is 7.15. The smallest absolute Gasteiger partial charge is 0.270 e. The van der Waals surface area contributed by atoms with Crippen LogP contribution in [0, 0.1) is 6.92 Å². The van der Waals surface area contributed by atoms with E-state index in [0.29, 0.717) is 6.54 Å². The molecule has 0 fully saturated rings. The van der Waals surface area contributed by atoms with Crippen LogP contribution in [0.4, 0.5) is 0 Å². The molecule has 2 heterocycles. The fourth-order valence-corrected chi connectivity index (χ4v) is 1.87. The average molecular weight is 223 g/mol. The summed E-state index contributed by atoms with van der Waals surface area (Å²) in [5.41, 5.74) is 6.21. The summed E-state index contributed by atoms with van der Waals surface area (Å²) >= 11 is 1.41. The molecule has 78 valence electrons. The van der Waals surface area contributed by atoms with Crippen molar-refractivity contribution in [2.75, 3.05) is 0 Å². The Labute approximate surface area is 89.9 Å². The van der Waals surface area contributed by atoms with Gasteiger partial charge in [0, 0.05) is 4.88 Å². The summed E-state index contributed by atoms with van der Waals surface area (Å²) in [5.74, 6) is -0.568. The molecule has 0 unspecified atom stereocenters. The molecular weight excluding hydrogens is 214 g/mol. The summed E-state index contributed by atoms with van der Waals surface area (Å²) in [5, 5.41) is 7.43. The van der Waals surface area contributed by atoms with Crippen molar-refractivity contribution in [2.24, 2.45) is 5.73 Å². The van der Waals surface area contributed by atoms with Crippen LogP contribution in [-0.4, -0.2) is 25.3 Å². The Balaban J connectivity index is 2.14. The topological polar surface area (TPSA) is 86.7 Å². The molecule has 15 heavy (non-hydrogen) atoms. The third-order valence-corrected chi connectivity index (χ3v) is 2.65. The fourth-order valence-electron chi connectivity index (χ4n) is 1.14. The molecule has 0 atom stereocenters. The van der Waals surface area contributed by atoms with Gasteiger partial charge < -0.3 is 5.73 Å². The highest BCUT2D eigenvalue weighted by Gasteiger charge is 2.07. The number of nitrogens with zero attached hydrogens (tertiary/aromatic N) is 4. The summed E-state index contributed by atoms with van der Waals surface area (Å²) in [4.78, 5) is 11.8. The van der Waals surface area contributed by atoms with Gasteiger partial charge in [0.25, 0.3) is 5.91 Å². The normalized spacial score (nSPS) is 10.5. The molecular formula is C8H9N5OS. The molecule has 2 aromatic rings. The van der Waals surface area contributed by atoms with Crippen molar-refractivity contribution < 1.29 is 4.79 Å². The van der Waals surface area contributed by atoms with Crippen molar-refractivity contribution in [3.05, 3.63) is 28.5 Å². The van der Waals surface area contributed by atoms with Gasteiger partial charge in [0.05, 0.1) is 18.4 Å². The molecule has 2 rings (SSSR count). The number of primary amides is 1. The van der Waals surface area contributed by atoms with Crippen LogP contribution in [0.3, 0.4) is 0 Å². The Morgan fingerprint density at radius 2 is 2.47 bits per heavy atom. The predicted molar refractivity (Wildman–Crippen MR) is 54.5 cm³/mol. The van der Waals surface area contributed by atoms with Gasteiger partial charge in [-0.3, -0.25) is 4.79 Å². The van der Waals surface area contributed by atoms with Gasteiger partial charge in [-0.15, -0.1) is 5.10 Å². The van der Waals surface area contributed by atoms with E-state index in [9.17, 15) is 4.79 Å². The summed E-state index contributed by atoms with van der Waals surface area (Å²) in [7, 11) is 0. The molecule has 0 saturated carbocycles. The van der Waals surface area contributed by atoms with E-state index in [1.165, 1.54) is 17.7 Å². The molecule has 6 nitrogen and oxygen atoms in total. The van der Waals surface area contributed by atoms with E-state index < -0.39 is 5.91 Å². The Hall–Kier alpha value is -1.76. The van der Waals surface area contributed by atoms with Crippen molar-refractivity contribution in [3.63, 3.8) is 0 Å². The van der Waals surface area contributed by atoms with Gasteiger partial charge in [-0.2, -0.15) is 4.37 Å². The van der Waals surface area contributed by atoms with Crippen molar-refractivity contribution >= 4 is 17.4 Å². The number of nitrogens with two attached hydrogens (primary N) is 1. The fraction of sp³-hybridized carbons (Fsp3) is 0.250. The SMILES string of the molecule is Cc1cc(Cn2cc(C(N)=O)nn2)sn1. The zero-order valence-electron chi connectivity index (χ0n) is 8.04. The lowest BCUT2D eigenvalue weighted by atomic mass is 10.4. The molecule has 0 saturated heterocycles. The monoisotopic (exact) mass is 223 g/mol. The number of hydrogen-bond donors (Lipinski definition) is 1. The van der Waals surface area contributed by atoms with Crippen LogP contribution in [0.2, 0.25) is 0 Å². The second-order valence-corrected chi connectivity index (χ2v) is 3.99. The molecule has 1 amide bonds. The van der Waals surface area contributed by atoms with Gasteiger partial charge >= 0.3 is 0 Å². The number of amides is 1. The van der Waals surface area contributed by atoms with Gasteiger partial charge in [-0.05, 0) is 24.5 Å². The van der Waals surface area contributed by atoms with Crippen LogP contribution in [0.1, 0.15) is 21.1 Å². The zero-order valence-corrected chi connectivity index (χ0v) is 8.86. The Bertz CT molecular complexity index is 489. The number of rotatable bonds is 3. The maximum atomic E-state index is 10.8. The number of carbonyl (C=O) groups is 1. The molecule has 2 aromatic heterocycles. The second kappa shape index (κ2) is 3.77. The highest BCUT2D eigenvalue weighted by Crippen LogP contribution is 2.10. The number of hydrogen-bond acceptors (Lipinski definition) is 5. The minimum atomic E-state index is -0.568. The van der Waals surface area contributed by atoms with E-state index in [1.807, 2.05) is 13.0 Å².